The van der Waals surface area contributed by atoms with E-state index in [2.05, 4.69) is 0 Å². The summed E-state index contributed by atoms with van der Waals surface area (Å²) < 4.78 is 32.1. The van der Waals surface area contributed by atoms with E-state index in [1.807, 2.05) is 0 Å². The summed E-state index contributed by atoms with van der Waals surface area (Å²) in [7, 11) is -2.68. The minimum atomic E-state index is -4.19. The normalized spacial score (nSPS) is 17.9. The standard InChI is InChI=1S/C20H19Cl2NO5S/c1-28-19-9-5-16(22)11-14(19)10-13-2-6-17(24)12-23(20(13)25)29(26,27)18-7-3-15(21)4-8-18/h3-5,7-9,11,13H,2,6,10,12H2,1H3. The highest BCUT2D eigenvalue weighted by Crippen LogP contribution is 2.30. The topological polar surface area (TPSA) is 80.8 Å². The molecule has 6 nitrogen and oxygen atoms in total. The average Bonchev–Trinajstić information content (AvgIpc) is 2.82. The summed E-state index contributed by atoms with van der Waals surface area (Å²) in [5.41, 5.74) is 0.677. The molecule has 1 amide bonds. The third-order valence-corrected chi connectivity index (χ3v) is 7.04. The fraction of sp³-hybridized carbons (Fsp3) is 0.300. The summed E-state index contributed by atoms with van der Waals surface area (Å²) in [5.74, 6) is -1.08. The molecule has 0 saturated carbocycles. The predicted octanol–water partition coefficient (Wildman–Crippen LogP) is 3.74. The van der Waals surface area contributed by atoms with Gasteiger partial charge in [0.2, 0.25) is 5.91 Å². The van der Waals surface area contributed by atoms with E-state index in [1.54, 1.807) is 18.2 Å². The maximum atomic E-state index is 13.2. The SMILES string of the molecule is COc1ccc(Cl)cc1CC1CCC(=O)CN(S(=O)(=O)c2ccc(Cl)cc2)C1=O. The Bertz CT molecular complexity index is 1040. The minimum Gasteiger partial charge on any atom is -0.496 e. The van der Waals surface area contributed by atoms with Crippen molar-refractivity contribution in [1.29, 1.82) is 0 Å². The van der Waals surface area contributed by atoms with Gasteiger partial charge in [-0.1, -0.05) is 23.2 Å². The van der Waals surface area contributed by atoms with Crippen molar-refractivity contribution < 1.29 is 22.7 Å². The molecule has 1 aliphatic heterocycles. The molecule has 1 saturated heterocycles. The van der Waals surface area contributed by atoms with Crippen LogP contribution in [0.1, 0.15) is 18.4 Å². The van der Waals surface area contributed by atoms with Crippen molar-refractivity contribution in [3.05, 3.63) is 58.1 Å². The van der Waals surface area contributed by atoms with E-state index >= 15 is 0 Å². The Labute approximate surface area is 179 Å². The van der Waals surface area contributed by atoms with E-state index in [0.29, 0.717) is 25.7 Å². The van der Waals surface area contributed by atoms with Crippen LogP contribution in [0.4, 0.5) is 0 Å². The van der Waals surface area contributed by atoms with Gasteiger partial charge in [0.05, 0.1) is 18.6 Å². The summed E-state index contributed by atoms with van der Waals surface area (Å²) in [6.45, 7) is -0.479. The number of hydrogen-bond donors (Lipinski definition) is 0. The number of halogens is 2. The van der Waals surface area contributed by atoms with Gasteiger partial charge in [-0.2, -0.15) is 0 Å². The number of carbonyl (C=O) groups is 2. The molecule has 0 radical (unpaired) electrons. The van der Waals surface area contributed by atoms with Crippen LogP contribution >= 0.6 is 23.2 Å². The van der Waals surface area contributed by atoms with Gasteiger partial charge in [-0.3, -0.25) is 9.59 Å². The number of Topliss-reactive ketones (excluding diaryl/α,β-unsaturated/α-hetero) is 1. The highest BCUT2D eigenvalue weighted by molar-refractivity contribution is 7.89. The number of carbonyl (C=O) groups excluding carboxylic acids is 2. The highest BCUT2D eigenvalue weighted by atomic mass is 35.5. The van der Waals surface area contributed by atoms with Gasteiger partial charge < -0.3 is 4.74 Å². The monoisotopic (exact) mass is 455 g/mol. The van der Waals surface area contributed by atoms with E-state index < -0.39 is 28.4 Å². The zero-order valence-electron chi connectivity index (χ0n) is 15.6. The van der Waals surface area contributed by atoms with Crippen LogP contribution in [0.2, 0.25) is 10.0 Å². The molecule has 2 aromatic carbocycles. The third-order valence-electron chi connectivity index (χ3n) is 4.80. The molecule has 1 aliphatic rings. The Morgan fingerprint density at radius 3 is 2.38 bits per heavy atom. The maximum absolute atomic E-state index is 13.2. The first-order chi connectivity index (χ1) is 13.7. The average molecular weight is 456 g/mol. The number of benzene rings is 2. The molecular weight excluding hydrogens is 437 g/mol. The van der Waals surface area contributed by atoms with Crippen LogP contribution in [0.25, 0.3) is 0 Å². The lowest BCUT2D eigenvalue weighted by Gasteiger charge is -2.24. The van der Waals surface area contributed by atoms with Crippen molar-refractivity contribution in [3.8, 4) is 5.75 Å². The van der Waals surface area contributed by atoms with Crippen molar-refractivity contribution in [3.63, 3.8) is 0 Å². The van der Waals surface area contributed by atoms with Crippen molar-refractivity contribution in [2.75, 3.05) is 13.7 Å². The van der Waals surface area contributed by atoms with E-state index in [-0.39, 0.29) is 29.9 Å². The Morgan fingerprint density at radius 1 is 1.07 bits per heavy atom. The number of ether oxygens (including phenoxy) is 1. The molecule has 0 spiro atoms. The number of rotatable bonds is 5. The Kier molecular flexibility index (Phi) is 6.51. The van der Waals surface area contributed by atoms with Gasteiger partial charge in [0.25, 0.3) is 10.0 Å². The van der Waals surface area contributed by atoms with E-state index in [9.17, 15) is 18.0 Å². The fourth-order valence-electron chi connectivity index (χ4n) is 3.28. The van der Waals surface area contributed by atoms with E-state index in [0.717, 1.165) is 0 Å². The van der Waals surface area contributed by atoms with Crippen LogP contribution in [0, 0.1) is 5.92 Å². The van der Waals surface area contributed by atoms with Crippen LogP contribution in [-0.4, -0.2) is 38.1 Å². The summed E-state index contributed by atoms with van der Waals surface area (Å²) in [4.78, 5) is 25.3. The summed E-state index contributed by atoms with van der Waals surface area (Å²) in [6, 6.07) is 10.5. The molecule has 0 aliphatic carbocycles. The number of amides is 1. The summed E-state index contributed by atoms with van der Waals surface area (Å²) in [5, 5.41) is 0.844. The van der Waals surface area contributed by atoms with Gasteiger partial charge in [0, 0.05) is 22.4 Å². The second-order valence-electron chi connectivity index (χ2n) is 6.74. The van der Waals surface area contributed by atoms with Gasteiger partial charge in [0.1, 0.15) is 5.75 Å². The van der Waals surface area contributed by atoms with Crippen molar-refractivity contribution >= 4 is 44.9 Å². The number of nitrogens with zero attached hydrogens (tertiary/aromatic N) is 1. The molecule has 0 bridgehead atoms. The first-order valence-corrected chi connectivity index (χ1v) is 11.1. The fourth-order valence-corrected chi connectivity index (χ4v) is 5.03. The van der Waals surface area contributed by atoms with Gasteiger partial charge in [-0.15, -0.1) is 0 Å². The first-order valence-electron chi connectivity index (χ1n) is 8.88. The highest BCUT2D eigenvalue weighted by Gasteiger charge is 2.38. The quantitative estimate of drug-likeness (QED) is 0.685. The molecule has 29 heavy (non-hydrogen) atoms. The lowest BCUT2D eigenvalue weighted by molar-refractivity contribution is -0.131. The van der Waals surface area contributed by atoms with Crippen LogP contribution in [-0.2, 0) is 26.0 Å². The maximum Gasteiger partial charge on any atom is 0.266 e. The number of hydrogen-bond acceptors (Lipinski definition) is 5. The van der Waals surface area contributed by atoms with Crippen molar-refractivity contribution in [2.45, 2.75) is 24.2 Å². The second kappa shape index (κ2) is 8.73. The number of sulfonamides is 1. The molecule has 0 aromatic heterocycles. The third kappa shape index (κ3) is 4.74. The molecule has 154 valence electrons. The molecule has 1 heterocycles. The Hall–Kier alpha value is -2.09. The van der Waals surface area contributed by atoms with Crippen LogP contribution < -0.4 is 4.74 Å². The molecule has 3 rings (SSSR count). The summed E-state index contributed by atoms with van der Waals surface area (Å²) >= 11 is 11.9. The number of methoxy groups -OCH3 is 1. The Balaban J connectivity index is 1.95. The van der Waals surface area contributed by atoms with Gasteiger partial charge >= 0.3 is 0 Å². The molecule has 2 aromatic rings. The molecule has 1 atom stereocenters. The number of ketones is 1. The summed E-state index contributed by atoms with van der Waals surface area (Å²) in [6.07, 6.45) is 0.578. The van der Waals surface area contributed by atoms with Crippen LogP contribution in [0.3, 0.4) is 0 Å². The molecular formula is C20H19Cl2NO5S. The van der Waals surface area contributed by atoms with E-state index in [4.69, 9.17) is 27.9 Å². The van der Waals surface area contributed by atoms with Crippen LogP contribution in [0.15, 0.2) is 47.4 Å². The minimum absolute atomic E-state index is 0.0935. The lowest BCUT2D eigenvalue weighted by atomic mass is 9.93. The first kappa shape index (κ1) is 21.6. The molecule has 9 heteroatoms. The molecule has 0 N–H and O–H groups in total. The smallest absolute Gasteiger partial charge is 0.266 e. The van der Waals surface area contributed by atoms with Gasteiger partial charge in [0.15, 0.2) is 5.78 Å². The largest absolute Gasteiger partial charge is 0.496 e. The molecule has 1 unspecified atom stereocenters. The van der Waals surface area contributed by atoms with E-state index in [1.165, 1.54) is 31.4 Å². The second-order valence-corrected chi connectivity index (χ2v) is 9.47. The zero-order chi connectivity index (χ0) is 21.2. The lowest BCUT2D eigenvalue weighted by Crippen LogP contribution is -2.42. The molecule has 1 fully saturated rings. The predicted molar refractivity (Wildman–Crippen MR) is 110 cm³/mol. The Morgan fingerprint density at radius 2 is 1.72 bits per heavy atom. The van der Waals surface area contributed by atoms with Crippen molar-refractivity contribution in [2.24, 2.45) is 5.92 Å². The van der Waals surface area contributed by atoms with Gasteiger partial charge in [-0.25, -0.2) is 12.7 Å². The van der Waals surface area contributed by atoms with Crippen LogP contribution in [0.5, 0.6) is 5.75 Å². The van der Waals surface area contributed by atoms with Crippen molar-refractivity contribution in [1.82, 2.24) is 4.31 Å². The zero-order valence-corrected chi connectivity index (χ0v) is 17.9. The van der Waals surface area contributed by atoms with Gasteiger partial charge in [-0.05, 0) is 60.9 Å².